The summed E-state index contributed by atoms with van der Waals surface area (Å²) >= 11 is 0. The minimum atomic E-state index is -5.70. The summed E-state index contributed by atoms with van der Waals surface area (Å²) in [5, 5.41) is 0. The first-order valence-electron chi connectivity index (χ1n) is 11.4. The van der Waals surface area contributed by atoms with Gasteiger partial charge in [0.15, 0.2) is 0 Å². The summed E-state index contributed by atoms with van der Waals surface area (Å²) in [6.07, 6.45) is 2.63. The molecule has 0 radical (unpaired) electrons. The molecule has 0 atom stereocenters. The summed E-state index contributed by atoms with van der Waals surface area (Å²) in [4.78, 5) is 14.8. The zero-order valence-electron chi connectivity index (χ0n) is 19.9. The molecule has 35 heavy (non-hydrogen) atoms. The van der Waals surface area contributed by atoms with Gasteiger partial charge in [-0.2, -0.15) is 21.6 Å². The smallest absolute Gasteiger partial charge is 0.444 e. The Kier molecular flexibility index (Phi) is 8.03. The summed E-state index contributed by atoms with van der Waals surface area (Å²) in [5.74, 6) is -0.254. The lowest BCUT2D eigenvalue weighted by atomic mass is 9.81. The van der Waals surface area contributed by atoms with Crippen LogP contribution in [0, 0.1) is 0 Å². The van der Waals surface area contributed by atoms with Crippen LogP contribution in [0.5, 0.6) is 5.75 Å². The third kappa shape index (κ3) is 7.37. The predicted molar refractivity (Wildman–Crippen MR) is 125 cm³/mol. The van der Waals surface area contributed by atoms with Crippen molar-refractivity contribution in [3.05, 3.63) is 65.7 Å². The normalized spacial score (nSPS) is 19.1. The van der Waals surface area contributed by atoms with Gasteiger partial charge in [0.1, 0.15) is 11.4 Å². The van der Waals surface area contributed by atoms with E-state index >= 15 is 0 Å². The largest absolute Gasteiger partial charge is 0.534 e. The van der Waals surface area contributed by atoms with Gasteiger partial charge in [0.25, 0.3) is 0 Å². The molecule has 1 aliphatic carbocycles. The highest BCUT2D eigenvalue weighted by Gasteiger charge is 2.48. The fraction of sp³-hybridized carbons (Fsp3) is 0.480. The third-order valence-electron chi connectivity index (χ3n) is 5.80. The van der Waals surface area contributed by atoms with Crippen LogP contribution in [0.4, 0.5) is 18.0 Å². The fourth-order valence-electron chi connectivity index (χ4n) is 4.13. The standard InChI is InChI=1S/C25H30F3NO5S/c1-24(2,3)33-23(30)29(17-18-7-5-4-6-8-18)21-13-9-19(10-14-21)20-11-15-22(16-12-20)34-35(31,32)25(26,27)28/h4-8,11-12,15-16,19,21H,9-10,13-14,17H2,1-3H3. The van der Waals surface area contributed by atoms with Crippen LogP contribution in [0.15, 0.2) is 54.6 Å². The number of carbonyl (C=O) groups excluding carboxylic acids is 1. The first-order chi connectivity index (χ1) is 16.2. The molecule has 192 valence electrons. The maximum atomic E-state index is 13.0. The number of benzene rings is 2. The van der Waals surface area contributed by atoms with E-state index in [4.69, 9.17) is 4.74 Å². The molecule has 3 rings (SSSR count). The van der Waals surface area contributed by atoms with Gasteiger partial charge in [-0.3, -0.25) is 0 Å². The predicted octanol–water partition coefficient (Wildman–Crippen LogP) is 6.38. The van der Waals surface area contributed by atoms with Crippen molar-refractivity contribution in [3.63, 3.8) is 0 Å². The second kappa shape index (κ2) is 10.5. The first-order valence-corrected chi connectivity index (χ1v) is 12.8. The van der Waals surface area contributed by atoms with E-state index in [-0.39, 0.29) is 18.1 Å². The van der Waals surface area contributed by atoms with E-state index in [1.807, 2.05) is 51.1 Å². The van der Waals surface area contributed by atoms with Crippen LogP contribution in [-0.2, 0) is 21.4 Å². The molecule has 1 amide bonds. The second-order valence-corrected chi connectivity index (χ2v) is 11.2. The third-order valence-corrected chi connectivity index (χ3v) is 6.78. The monoisotopic (exact) mass is 513 g/mol. The Balaban J connectivity index is 1.66. The second-order valence-electron chi connectivity index (χ2n) is 9.65. The molecule has 0 aliphatic heterocycles. The number of hydrogen-bond acceptors (Lipinski definition) is 5. The average molecular weight is 514 g/mol. The minimum Gasteiger partial charge on any atom is -0.444 e. The minimum absolute atomic E-state index is 0.0131. The van der Waals surface area contributed by atoms with Crippen molar-refractivity contribution in [2.45, 2.75) is 76.1 Å². The summed E-state index contributed by atoms with van der Waals surface area (Å²) in [7, 11) is -5.70. The Bertz CT molecular complexity index is 1090. The summed E-state index contributed by atoms with van der Waals surface area (Å²) in [5.41, 5.74) is -4.21. The highest BCUT2D eigenvalue weighted by molar-refractivity contribution is 7.88. The SMILES string of the molecule is CC(C)(C)OC(=O)N(Cc1ccccc1)C1CCC(c2ccc(OS(=O)(=O)C(F)(F)F)cc2)CC1. The van der Waals surface area contributed by atoms with Gasteiger partial charge in [0.05, 0.1) is 0 Å². The van der Waals surface area contributed by atoms with Crippen LogP contribution in [0.2, 0.25) is 0 Å². The molecule has 0 bridgehead atoms. The van der Waals surface area contributed by atoms with Gasteiger partial charge in [-0.25, -0.2) is 4.79 Å². The molecule has 0 spiro atoms. The van der Waals surface area contributed by atoms with E-state index in [1.165, 1.54) is 12.1 Å². The fourth-order valence-corrected chi connectivity index (χ4v) is 4.59. The molecule has 2 aromatic carbocycles. The number of amides is 1. The van der Waals surface area contributed by atoms with Crippen molar-refractivity contribution in [1.82, 2.24) is 4.90 Å². The number of hydrogen-bond donors (Lipinski definition) is 0. The van der Waals surface area contributed by atoms with E-state index in [1.54, 1.807) is 17.0 Å². The lowest BCUT2D eigenvalue weighted by Crippen LogP contribution is -2.44. The summed E-state index contributed by atoms with van der Waals surface area (Å²) in [6.45, 7) is 5.92. The van der Waals surface area contributed by atoms with Crippen molar-refractivity contribution >= 4 is 16.2 Å². The van der Waals surface area contributed by atoms with Crippen LogP contribution in [0.25, 0.3) is 0 Å². The topological polar surface area (TPSA) is 72.9 Å². The van der Waals surface area contributed by atoms with Crippen LogP contribution in [0.1, 0.15) is 63.5 Å². The Morgan fingerprint density at radius 1 is 0.943 bits per heavy atom. The molecule has 0 unspecified atom stereocenters. The van der Waals surface area contributed by atoms with Crippen LogP contribution in [-0.4, -0.2) is 36.6 Å². The quantitative estimate of drug-likeness (QED) is 0.331. The number of ether oxygens (including phenoxy) is 1. The Hall–Kier alpha value is -2.75. The molecule has 1 fully saturated rings. The number of alkyl halides is 3. The molecule has 0 aromatic heterocycles. The highest BCUT2D eigenvalue weighted by Crippen LogP contribution is 2.37. The van der Waals surface area contributed by atoms with E-state index < -0.39 is 27.0 Å². The van der Waals surface area contributed by atoms with Gasteiger partial charge in [-0.05, 0) is 75.6 Å². The van der Waals surface area contributed by atoms with E-state index in [0.29, 0.717) is 6.54 Å². The van der Waals surface area contributed by atoms with Crippen molar-refractivity contribution < 1.29 is 35.3 Å². The lowest BCUT2D eigenvalue weighted by molar-refractivity contribution is -0.0500. The summed E-state index contributed by atoms with van der Waals surface area (Å²) in [6, 6.07) is 15.3. The number of carbonyl (C=O) groups is 1. The van der Waals surface area contributed by atoms with Crippen molar-refractivity contribution in [3.8, 4) is 5.75 Å². The van der Waals surface area contributed by atoms with Gasteiger partial charge >= 0.3 is 21.7 Å². The first kappa shape index (κ1) is 26.8. The van der Waals surface area contributed by atoms with Gasteiger partial charge in [-0.1, -0.05) is 42.5 Å². The van der Waals surface area contributed by atoms with Crippen molar-refractivity contribution in [2.75, 3.05) is 0 Å². The zero-order chi connectivity index (χ0) is 25.9. The van der Waals surface area contributed by atoms with Crippen LogP contribution < -0.4 is 4.18 Å². The average Bonchev–Trinajstić information content (AvgIpc) is 2.77. The maximum absolute atomic E-state index is 13.0. The van der Waals surface area contributed by atoms with Gasteiger partial charge in [0.2, 0.25) is 0 Å². The number of halogens is 3. The molecule has 0 saturated heterocycles. The van der Waals surface area contributed by atoms with Gasteiger partial charge in [-0.15, -0.1) is 0 Å². The van der Waals surface area contributed by atoms with Gasteiger partial charge < -0.3 is 13.8 Å². The van der Waals surface area contributed by atoms with Gasteiger partial charge in [0, 0.05) is 12.6 Å². The van der Waals surface area contributed by atoms with Crippen molar-refractivity contribution in [2.24, 2.45) is 0 Å². The molecule has 1 aliphatic rings. The number of nitrogens with zero attached hydrogens (tertiary/aromatic N) is 1. The van der Waals surface area contributed by atoms with E-state index in [0.717, 1.165) is 36.8 Å². The Labute approximate surface area is 204 Å². The molecule has 0 heterocycles. The van der Waals surface area contributed by atoms with E-state index in [2.05, 4.69) is 4.18 Å². The lowest BCUT2D eigenvalue weighted by Gasteiger charge is -2.38. The molecule has 2 aromatic rings. The summed E-state index contributed by atoms with van der Waals surface area (Å²) < 4.78 is 69.8. The van der Waals surface area contributed by atoms with Crippen LogP contribution in [0.3, 0.4) is 0 Å². The van der Waals surface area contributed by atoms with E-state index in [9.17, 15) is 26.4 Å². The number of rotatable bonds is 6. The molecule has 0 N–H and O–H groups in total. The van der Waals surface area contributed by atoms with Crippen LogP contribution >= 0.6 is 0 Å². The molecular formula is C25H30F3NO5S. The Morgan fingerprint density at radius 3 is 2.03 bits per heavy atom. The molecular weight excluding hydrogens is 483 g/mol. The van der Waals surface area contributed by atoms with Crippen molar-refractivity contribution in [1.29, 1.82) is 0 Å². The zero-order valence-corrected chi connectivity index (χ0v) is 20.7. The molecule has 1 saturated carbocycles. The highest BCUT2D eigenvalue weighted by atomic mass is 32.2. The maximum Gasteiger partial charge on any atom is 0.534 e. The molecule has 6 nitrogen and oxygen atoms in total. The Morgan fingerprint density at radius 2 is 1.51 bits per heavy atom. The molecule has 10 heteroatoms.